The van der Waals surface area contributed by atoms with Crippen molar-refractivity contribution in [1.82, 2.24) is 0 Å². The second kappa shape index (κ2) is 14.1. The molecule has 0 spiro atoms. The minimum absolute atomic E-state index is 0.347. The molecule has 0 aliphatic carbocycles. The summed E-state index contributed by atoms with van der Waals surface area (Å²) < 4.78 is 80.1. The summed E-state index contributed by atoms with van der Waals surface area (Å²) in [5, 5.41) is 0. The predicted molar refractivity (Wildman–Crippen MR) is 105 cm³/mol. The van der Waals surface area contributed by atoms with Gasteiger partial charge in [0.05, 0.1) is 13.5 Å². The Morgan fingerprint density at radius 3 is 1.71 bits per heavy atom. The summed E-state index contributed by atoms with van der Waals surface area (Å²) >= 11 is 0. The molecule has 174 valence electrons. The van der Waals surface area contributed by atoms with Crippen LogP contribution >= 0.6 is 0 Å². The minimum Gasteiger partial charge on any atom is -0.466 e. The lowest BCUT2D eigenvalue weighted by molar-refractivity contribution is -0.275. The lowest BCUT2D eigenvalue weighted by Gasteiger charge is -2.21. The zero-order valence-corrected chi connectivity index (χ0v) is 17.3. The van der Waals surface area contributed by atoms with E-state index >= 15 is 0 Å². The fourth-order valence-electron chi connectivity index (χ4n) is 1.36. The molecule has 0 saturated carbocycles. The highest BCUT2D eigenvalue weighted by molar-refractivity contribution is 5.87. The highest BCUT2D eigenvalue weighted by Crippen LogP contribution is 2.33. The number of carbonyl (C=O) groups is 2. The third kappa shape index (κ3) is 15.5. The molecule has 1 unspecified atom stereocenters. The SMILES string of the molecule is C=C(C)C(=O)OC.C=C(C)C(=O)OC(F)(F)C(F)CC(F)(F)F.C=Cc1ccccc1. The molecule has 0 heterocycles. The third-order valence-electron chi connectivity index (χ3n) is 2.92. The van der Waals surface area contributed by atoms with Gasteiger partial charge in [0.2, 0.25) is 6.17 Å². The Kier molecular flexibility index (Phi) is 13.7. The molecule has 1 rings (SSSR count). The average molecular weight is 454 g/mol. The summed E-state index contributed by atoms with van der Waals surface area (Å²) in [4.78, 5) is 20.8. The number of esters is 2. The van der Waals surface area contributed by atoms with Crippen LogP contribution in [0.15, 0.2) is 61.2 Å². The molecule has 4 nitrogen and oxygen atoms in total. The van der Waals surface area contributed by atoms with E-state index < -0.39 is 36.4 Å². The van der Waals surface area contributed by atoms with Gasteiger partial charge in [-0.25, -0.2) is 14.0 Å². The van der Waals surface area contributed by atoms with E-state index in [0.29, 0.717) is 5.57 Å². The standard InChI is InChI=1S/C8H8F6O2.C8H8.C5H8O2/c1-4(2)6(15)16-8(13,14)5(9)3-7(10,11)12;1-2-8-6-4-3-5-7-8;1-4(2)5(6)7-3/h5H,1,3H2,2H3;2-7H,1H2;1H2,2-3H3. The van der Waals surface area contributed by atoms with Crippen LogP contribution in [0.5, 0.6) is 0 Å². The first kappa shape index (κ1) is 30.2. The Bertz CT molecular complexity index is 742. The van der Waals surface area contributed by atoms with Crippen LogP contribution < -0.4 is 0 Å². The molecule has 31 heavy (non-hydrogen) atoms. The van der Waals surface area contributed by atoms with Gasteiger partial charge in [0, 0.05) is 11.1 Å². The number of hydrogen-bond acceptors (Lipinski definition) is 4. The van der Waals surface area contributed by atoms with Gasteiger partial charge in [-0.1, -0.05) is 56.1 Å². The number of alkyl halides is 6. The zero-order valence-electron chi connectivity index (χ0n) is 17.3. The van der Waals surface area contributed by atoms with Crippen LogP contribution in [-0.4, -0.2) is 37.5 Å². The number of carbonyl (C=O) groups excluding carboxylic acids is 2. The van der Waals surface area contributed by atoms with E-state index in [0.717, 1.165) is 6.92 Å². The van der Waals surface area contributed by atoms with Crippen LogP contribution in [0.25, 0.3) is 6.08 Å². The van der Waals surface area contributed by atoms with E-state index in [4.69, 9.17) is 0 Å². The fourth-order valence-corrected chi connectivity index (χ4v) is 1.36. The Hall–Kier alpha value is -3.04. The van der Waals surface area contributed by atoms with Crippen molar-refractivity contribution >= 4 is 18.0 Å². The van der Waals surface area contributed by atoms with E-state index in [2.05, 4.69) is 29.2 Å². The van der Waals surface area contributed by atoms with Crippen molar-refractivity contribution in [2.24, 2.45) is 0 Å². The lowest BCUT2D eigenvalue weighted by Crippen LogP contribution is -2.38. The topological polar surface area (TPSA) is 52.6 Å². The summed E-state index contributed by atoms with van der Waals surface area (Å²) in [5.74, 6) is -2.00. The smallest absolute Gasteiger partial charge is 0.432 e. The van der Waals surface area contributed by atoms with Crippen molar-refractivity contribution in [2.45, 2.75) is 38.7 Å². The van der Waals surface area contributed by atoms with Crippen molar-refractivity contribution < 1.29 is 45.4 Å². The van der Waals surface area contributed by atoms with E-state index in [1.54, 1.807) is 6.92 Å². The van der Waals surface area contributed by atoms with Gasteiger partial charge < -0.3 is 9.47 Å². The van der Waals surface area contributed by atoms with Gasteiger partial charge in [0.15, 0.2) is 0 Å². The van der Waals surface area contributed by atoms with Crippen molar-refractivity contribution in [3.63, 3.8) is 0 Å². The van der Waals surface area contributed by atoms with Crippen LogP contribution in [0.4, 0.5) is 26.3 Å². The van der Waals surface area contributed by atoms with Crippen molar-refractivity contribution in [3.8, 4) is 0 Å². The first-order valence-electron chi connectivity index (χ1n) is 8.46. The van der Waals surface area contributed by atoms with Gasteiger partial charge in [-0.15, -0.1) is 0 Å². The molecule has 0 N–H and O–H groups in total. The molecular weight excluding hydrogens is 430 g/mol. The molecule has 0 aromatic heterocycles. The Balaban J connectivity index is 0. The summed E-state index contributed by atoms with van der Waals surface area (Å²) in [6.45, 7) is 12.5. The molecule has 1 aromatic rings. The maximum absolute atomic E-state index is 12.6. The van der Waals surface area contributed by atoms with Crippen LogP contribution in [-0.2, 0) is 19.1 Å². The van der Waals surface area contributed by atoms with Crippen LogP contribution in [0.3, 0.4) is 0 Å². The van der Waals surface area contributed by atoms with Gasteiger partial charge in [0.1, 0.15) is 0 Å². The summed E-state index contributed by atoms with van der Waals surface area (Å²) in [7, 11) is 1.33. The van der Waals surface area contributed by atoms with Gasteiger partial charge in [-0.3, -0.25) is 0 Å². The largest absolute Gasteiger partial charge is 0.466 e. The van der Waals surface area contributed by atoms with E-state index in [-0.39, 0.29) is 5.97 Å². The normalized spacial score (nSPS) is 11.4. The van der Waals surface area contributed by atoms with Gasteiger partial charge in [-0.2, -0.15) is 22.0 Å². The number of rotatable bonds is 6. The number of methoxy groups -OCH3 is 1. The molecule has 0 amide bonds. The number of benzene rings is 1. The average Bonchev–Trinajstić information content (AvgIpc) is 2.67. The molecule has 0 bridgehead atoms. The van der Waals surface area contributed by atoms with Crippen LogP contribution in [0.1, 0.15) is 25.8 Å². The van der Waals surface area contributed by atoms with Gasteiger partial charge in [-0.05, 0) is 19.4 Å². The maximum Gasteiger partial charge on any atom is 0.432 e. The Morgan fingerprint density at radius 1 is 1.00 bits per heavy atom. The van der Waals surface area contributed by atoms with Crippen LogP contribution in [0.2, 0.25) is 0 Å². The molecule has 0 saturated heterocycles. The van der Waals surface area contributed by atoms with E-state index in [1.807, 2.05) is 36.4 Å². The Morgan fingerprint density at radius 2 is 1.45 bits per heavy atom. The zero-order chi connectivity index (χ0) is 24.8. The second-order valence-corrected chi connectivity index (χ2v) is 5.91. The molecule has 10 heteroatoms. The molecular formula is C21H24F6O4. The summed E-state index contributed by atoms with van der Waals surface area (Å²) in [6, 6.07) is 10.0. The first-order valence-corrected chi connectivity index (χ1v) is 8.46. The first-order chi connectivity index (χ1) is 14.1. The molecule has 0 radical (unpaired) electrons. The number of hydrogen-bond donors (Lipinski definition) is 0. The number of halogens is 6. The summed E-state index contributed by atoms with van der Waals surface area (Å²) in [5.41, 5.74) is 1.13. The highest BCUT2D eigenvalue weighted by Gasteiger charge is 2.50. The quantitative estimate of drug-likeness (QED) is 0.298. The minimum atomic E-state index is -5.11. The van der Waals surface area contributed by atoms with Crippen molar-refractivity contribution in [3.05, 3.63) is 66.8 Å². The third-order valence-corrected chi connectivity index (χ3v) is 2.92. The fraction of sp³-hybridized carbons (Fsp3) is 0.333. The monoisotopic (exact) mass is 454 g/mol. The van der Waals surface area contributed by atoms with Gasteiger partial charge in [0.25, 0.3) is 0 Å². The Labute approximate surface area is 176 Å². The van der Waals surface area contributed by atoms with Crippen molar-refractivity contribution in [2.75, 3.05) is 7.11 Å². The van der Waals surface area contributed by atoms with E-state index in [9.17, 15) is 35.9 Å². The van der Waals surface area contributed by atoms with Crippen molar-refractivity contribution in [1.29, 1.82) is 0 Å². The highest BCUT2D eigenvalue weighted by atomic mass is 19.4. The molecule has 0 fully saturated rings. The molecule has 1 aromatic carbocycles. The molecule has 0 aliphatic rings. The van der Waals surface area contributed by atoms with E-state index in [1.165, 1.54) is 12.7 Å². The van der Waals surface area contributed by atoms with Crippen LogP contribution in [0, 0.1) is 0 Å². The second-order valence-electron chi connectivity index (χ2n) is 5.91. The summed E-state index contributed by atoms with van der Waals surface area (Å²) in [6.07, 6.45) is -14.1. The lowest BCUT2D eigenvalue weighted by atomic mass is 10.2. The molecule has 0 aliphatic heterocycles. The van der Waals surface area contributed by atoms with Gasteiger partial charge >= 0.3 is 24.2 Å². The molecule has 1 atom stereocenters. The maximum atomic E-state index is 12.6. The number of ether oxygens (including phenoxy) is 2. The predicted octanol–water partition coefficient (Wildman–Crippen LogP) is 6.05.